The maximum atomic E-state index is 11.7. The Kier molecular flexibility index (Phi) is 11.1. The molecule has 1 fully saturated rings. The van der Waals surface area contributed by atoms with Crippen molar-refractivity contribution in [3.05, 3.63) is 83.4 Å². The van der Waals surface area contributed by atoms with E-state index >= 15 is 0 Å². The van der Waals surface area contributed by atoms with Crippen LogP contribution in [0.4, 0.5) is 0 Å². The molecule has 2 aliphatic rings. The molecule has 4 aromatic rings. The summed E-state index contributed by atoms with van der Waals surface area (Å²) in [4.78, 5) is 21.8. The zero-order valence-corrected chi connectivity index (χ0v) is 30.5. The van der Waals surface area contributed by atoms with Crippen LogP contribution in [0.1, 0.15) is 117 Å². The average molecular weight is 782 g/mol. The fourth-order valence-corrected chi connectivity index (χ4v) is 7.27. The molecule has 1 N–H and O–H groups in total. The molecule has 5 heteroatoms. The van der Waals surface area contributed by atoms with Gasteiger partial charge in [-0.2, -0.15) is 0 Å². The Morgan fingerprint density at radius 3 is 2.24 bits per heavy atom. The van der Waals surface area contributed by atoms with Crippen molar-refractivity contribution >= 4 is 27.5 Å². The number of rotatable bonds is 7. The van der Waals surface area contributed by atoms with Gasteiger partial charge in [0.1, 0.15) is 0 Å². The van der Waals surface area contributed by atoms with E-state index in [9.17, 15) is 9.90 Å². The number of para-hydroxylation sites is 1. The van der Waals surface area contributed by atoms with Gasteiger partial charge in [-0.1, -0.05) is 103 Å². The average Bonchev–Trinajstić information content (AvgIpc) is 3.51. The monoisotopic (exact) mass is 782 g/mol. The van der Waals surface area contributed by atoms with Crippen molar-refractivity contribution in [1.29, 1.82) is 0 Å². The summed E-state index contributed by atoms with van der Waals surface area (Å²) in [7, 11) is 0. The molecule has 2 aliphatic carbocycles. The molecule has 45 heavy (non-hydrogen) atoms. The van der Waals surface area contributed by atoms with Crippen LogP contribution in [0.3, 0.4) is 0 Å². The third-order valence-electron chi connectivity index (χ3n) is 10.1. The minimum absolute atomic E-state index is 0. The zero-order valence-electron chi connectivity index (χ0n) is 28.1. The van der Waals surface area contributed by atoms with E-state index in [1.807, 2.05) is 33.9 Å². The number of aliphatic hydroxyl groups excluding tert-OH is 1. The summed E-state index contributed by atoms with van der Waals surface area (Å²) in [6.07, 6.45) is 11.7. The van der Waals surface area contributed by atoms with Gasteiger partial charge in [-0.25, -0.2) is 0 Å². The number of pyridine rings is 2. The first-order valence-corrected chi connectivity index (χ1v) is 16.8. The molecule has 0 saturated heterocycles. The number of allylic oxidation sites excluding steroid dienone is 2. The van der Waals surface area contributed by atoms with Crippen molar-refractivity contribution in [2.45, 2.75) is 111 Å². The van der Waals surface area contributed by atoms with Crippen molar-refractivity contribution in [2.75, 3.05) is 0 Å². The van der Waals surface area contributed by atoms with E-state index in [1.165, 1.54) is 46.5 Å². The SMILES string of the molecule is CC(C)(C)c1cc2c3c(nccc3c1)-c1[c-]c3ccccc3nc1C21CCCC1.CCC(CC)C(=O)/C=C(\O)C(CC)CC.[Ir]. The summed E-state index contributed by atoms with van der Waals surface area (Å²) in [6.45, 7) is 15.0. The summed E-state index contributed by atoms with van der Waals surface area (Å²) in [5, 5.41) is 13.5. The smallest absolute Gasteiger partial charge is 0.162 e. The quantitative estimate of drug-likeness (QED) is 0.115. The summed E-state index contributed by atoms with van der Waals surface area (Å²) in [5.74, 6) is 0.547. The molecule has 0 aliphatic heterocycles. The second kappa shape index (κ2) is 14.3. The van der Waals surface area contributed by atoms with Gasteiger partial charge in [0.15, 0.2) is 5.78 Å². The van der Waals surface area contributed by atoms with E-state index < -0.39 is 0 Å². The number of aromatic nitrogens is 2. The Hall–Kier alpha value is -2.88. The van der Waals surface area contributed by atoms with Crippen LogP contribution in [0, 0.1) is 17.9 Å². The van der Waals surface area contributed by atoms with Crippen LogP contribution >= 0.6 is 0 Å². The Balaban J connectivity index is 0.000000249. The van der Waals surface area contributed by atoms with Gasteiger partial charge in [-0.15, -0.1) is 12.1 Å². The Morgan fingerprint density at radius 2 is 1.62 bits per heavy atom. The number of benzene rings is 2. The molecule has 1 spiro atoms. The van der Waals surface area contributed by atoms with E-state index in [1.54, 1.807) is 0 Å². The molecular formula is C40H49IrN2O2-. The van der Waals surface area contributed by atoms with Crippen LogP contribution in [0.5, 0.6) is 0 Å². The largest absolute Gasteiger partial charge is 0.512 e. The summed E-state index contributed by atoms with van der Waals surface area (Å²) in [6, 6.07) is 19.1. The van der Waals surface area contributed by atoms with E-state index in [0.717, 1.165) is 60.7 Å². The molecule has 1 saturated carbocycles. The molecule has 0 unspecified atom stereocenters. The van der Waals surface area contributed by atoms with Crippen molar-refractivity contribution in [3.63, 3.8) is 0 Å². The third kappa shape index (κ3) is 6.67. The normalized spacial score (nSPS) is 15.3. The molecule has 241 valence electrons. The molecule has 1 radical (unpaired) electrons. The van der Waals surface area contributed by atoms with Crippen LogP contribution in [-0.2, 0) is 35.7 Å². The van der Waals surface area contributed by atoms with Gasteiger partial charge >= 0.3 is 0 Å². The van der Waals surface area contributed by atoms with Gasteiger partial charge < -0.3 is 10.1 Å². The van der Waals surface area contributed by atoms with Gasteiger partial charge in [-0.05, 0) is 83.1 Å². The van der Waals surface area contributed by atoms with Gasteiger partial charge in [-0.3, -0.25) is 9.78 Å². The number of fused-ring (bicyclic) bond motifs is 5. The molecule has 6 rings (SSSR count). The van der Waals surface area contributed by atoms with E-state index in [2.05, 4.69) is 69.3 Å². The van der Waals surface area contributed by atoms with E-state index in [0.29, 0.717) is 0 Å². The van der Waals surface area contributed by atoms with Gasteiger partial charge in [0.05, 0.1) is 5.76 Å². The number of aliphatic hydroxyl groups is 1. The summed E-state index contributed by atoms with van der Waals surface area (Å²) in [5.41, 5.74) is 7.37. The number of carbonyl (C=O) groups is 1. The van der Waals surface area contributed by atoms with Crippen molar-refractivity contribution in [3.8, 4) is 11.3 Å². The number of hydrogen-bond acceptors (Lipinski definition) is 4. The Labute approximate surface area is 283 Å². The van der Waals surface area contributed by atoms with Crippen molar-refractivity contribution < 1.29 is 30.0 Å². The van der Waals surface area contributed by atoms with Crippen LogP contribution in [0.2, 0.25) is 0 Å². The minimum atomic E-state index is -0.00852. The predicted octanol–water partition coefficient (Wildman–Crippen LogP) is 10.6. The minimum Gasteiger partial charge on any atom is -0.512 e. The molecule has 0 amide bonds. The van der Waals surface area contributed by atoms with Crippen LogP contribution in [0.25, 0.3) is 32.9 Å². The molecule has 0 bridgehead atoms. The first-order chi connectivity index (χ1) is 21.1. The second-order valence-electron chi connectivity index (χ2n) is 13.8. The Morgan fingerprint density at radius 1 is 0.978 bits per heavy atom. The number of hydrogen-bond donors (Lipinski definition) is 1. The predicted molar refractivity (Wildman–Crippen MR) is 183 cm³/mol. The Bertz CT molecular complexity index is 1690. The molecular weight excluding hydrogens is 733 g/mol. The summed E-state index contributed by atoms with van der Waals surface area (Å²) < 4.78 is 0. The summed E-state index contributed by atoms with van der Waals surface area (Å²) >= 11 is 0. The number of carbonyl (C=O) groups excluding carboxylic acids is 1. The number of ketones is 1. The number of nitrogens with zero attached hydrogens (tertiary/aromatic N) is 2. The first kappa shape index (κ1) is 35.0. The maximum Gasteiger partial charge on any atom is 0.162 e. The van der Waals surface area contributed by atoms with E-state index in [-0.39, 0.29) is 54.3 Å². The van der Waals surface area contributed by atoms with Crippen LogP contribution in [-0.4, -0.2) is 20.9 Å². The molecule has 4 nitrogen and oxygen atoms in total. The first-order valence-electron chi connectivity index (χ1n) is 16.8. The molecule has 2 aromatic heterocycles. The maximum absolute atomic E-state index is 11.7. The fourth-order valence-electron chi connectivity index (χ4n) is 7.27. The fraction of sp³-hybridized carbons (Fsp3) is 0.475. The van der Waals surface area contributed by atoms with E-state index in [4.69, 9.17) is 9.97 Å². The van der Waals surface area contributed by atoms with Crippen LogP contribution < -0.4 is 0 Å². The van der Waals surface area contributed by atoms with Crippen molar-refractivity contribution in [2.24, 2.45) is 11.8 Å². The van der Waals surface area contributed by atoms with Crippen molar-refractivity contribution in [1.82, 2.24) is 9.97 Å². The van der Waals surface area contributed by atoms with Gasteiger partial charge in [0.2, 0.25) is 0 Å². The standard InChI is InChI=1S/C27H25N2.C13H24O2.Ir/c1-26(2,3)19-14-18-10-13-28-24-20-15-17-8-4-5-9-22(17)29-25(20)27(11-6-7-12-27)21(16-19)23(18)24;1-5-10(6-2)12(14)9-13(15)11(7-3)8-4;/h4-5,8-10,13-14,16H,6-7,11-12H2,1-3H3;9-11,14H,5-8H2,1-4H3;/q-1;;/b;12-9-;. The van der Waals surface area contributed by atoms with Gasteiger partial charge in [0, 0.05) is 55.3 Å². The zero-order chi connectivity index (χ0) is 31.6. The third-order valence-corrected chi connectivity index (χ3v) is 10.1. The molecule has 0 atom stereocenters. The van der Waals surface area contributed by atoms with Crippen LogP contribution in [0.15, 0.2) is 60.5 Å². The molecule has 2 heterocycles. The topological polar surface area (TPSA) is 63.1 Å². The second-order valence-corrected chi connectivity index (χ2v) is 13.8. The van der Waals surface area contributed by atoms with Gasteiger partial charge in [0.25, 0.3) is 0 Å². The molecule has 2 aromatic carbocycles.